The number of carbonyl (C=O) groups is 1. The summed E-state index contributed by atoms with van der Waals surface area (Å²) in [5.74, 6) is -0.174. The number of ether oxygens (including phenoxy) is 1. The van der Waals surface area contributed by atoms with E-state index < -0.39 is 17.8 Å². The van der Waals surface area contributed by atoms with Crippen LogP contribution in [-0.4, -0.2) is 43.0 Å². The molecule has 3 nitrogen and oxygen atoms in total. The number of morpholine rings is 1. The molecule has 1 unspecified atom stereocenters. The standard InChI is InChI=1S/C15H18F3NO2/c1-2-19-6-7-21-14(10-19)13(20)9-11-4-3-5-12(8-11)15(16,17)18/h3-5,8,14H,2,6-7,9-10H2,1H3. The lowest BCUT2D eigenvalue weighted by molar-refractivity contribution is -0.138. The molecule has 1 aromatic carbocycles. The van der Waals surface area contributed by atoms with Gasteiger partial charge in [0.2, 0.25) is 0 Å². The van der Waals surface area contributed by atoms with Crippen molar-refractivity contribution in [1.29, 1.82) is 0 Å². The minimum Gasteiger partial charge on any atom is -0.368 e. The lowest BCUT2D eigenvalue weighted by Gasteiger charge is -2.31. The highest BCUT2D eigenvalue weighted by atomic mass is 19.4. The van der Waals surface area contributed by atoms with E-state index in [1.165, 1.54) is 12.1 Å². The van der Waals surface area contributed by atoms with E-state index in [9.17, 15) is 18.0 Å². The van der Waals surface area contributed by atoms with Gasteiger partial charge in [-0.2, -0.15) is 13.2 Å². The minimum atomic E-state index is -4.39. The van der Waals surface area contributed by atoms with Crippen molar-refractivity contribution in [3.05, 3.63) is 35.4 Å². The molecule has 0 saturated carbocycles. The van der Waals surface area contributed by atoms with Crippen LogP contribution in [0.4, 0.5) is 13.2 Å². The van der Waals surface area contributed by atoms with E-state index in [-0.39, 0.29) is 12.2 Å². The van der Waals surface area contributed by atoms with Gasteiger partial charge in [-0.05, 0) is 18.2 Å². The molecule has 1 fully saturated rings. The van der Waals surface area contributed by atoms with Crippen molar-refractivity contribution in [2.24, 2.45) is 0 Å². The number of nitrogens with zero attached hydrogens (tertiary/aromatic N) is 1. The van der Waals surface area contributed by atoms with Crippen molar-refractivity contribution >= 4 is 5.78 Å². The maximum Gasteiger partial charge on any atom is 0.416 e. The SMILES string of the molecule is CCN1CCOC(C(=O)Cc2cccc(C(F)(F)F)c2)C1. The molecule has 1 heterocycles. The Morgan fingerprint density at radius 2 is 2.19 bits per heavy atom. The van der Waals surface area contributed by atoms with Gasteiger partial charge in [0, 0.05) is 19.5 Å². The Balaban J connectivity index is 2.02. The normalized spacial score (nSPS) is 20.5. The summed E-state index contributed by atoms with van der Waals surface area (Å²) in [5.41, 5.74) is -0.361. The Morgan fingerprint density at radius 3 is 2.86 bits per heavy atom. The molecule has 0 N–H and O–H groups in total. The number of rotatable bonds is 4. The highest BCUT2D eigenvalue weighted by Gasteiger charge is 2.31. The van der Waals surface area contributed by atoms with Crippen LogP contribution in [0.5, 0.6) is 0 Å². The van der Waals surface area contributed by atoms with Crippen LogP contribution in [-0.2, 0) is 22.1 Å². The Hall–Kier alpha value is -1.40. The van der Waals surface area contributed by atoms with Crippen LogP contribution in [0.25, 0.3) is 0 Å². The lowest BCUT2D eigenvalue weighted by Crippen LogP contribution is -2.46. The molecule has 1 atom stereocenters. The molecule has 1 aromatic rings. The van der Waals surface area contributed by atoms with Gasteiger partial charge in [-0.1, -0.05) is 25.1 Å². The third kappa shape index (κ3) is 4.28. The van der Waals surface area contributed by atoms with Crippen LogP contribution in [0.15, 0.2) is 24.3 Å². The first-order valence-corrected chi connectivity index (χ1v) is 6.93. The molecule has 6 heteroatoms. The summed E-state index contributed by atoms with van der Waals surface area (Å²) in [5, 5.41) is 0. The maximum absolute atomic E-state index is 12.6. The third-order valence-corrected chi connectivity index (χ3v) is 3.59. The van der Waals surface area contributed by atoms with E-state index in [1.54, 1.807) is 0 Å². The number of hydrogen-bond donors (Lipinski definition) is 0. The summed E-state index contributed by atoms with van der Waals surface area (Å²) in [6, 6.07) is 4.89. The first-order chi connectivity index (χ1) is 9.90. The summed E-state index contributed by atoms with van der Waals surface area (Å²) in [7, 11) is 0. The number of Topliss-reactive ketones (excluding diaryl/α,β-unsaturated/α-hetero) is 1. The van der Waals surface area contributed by atoms with E-state index >= 15 is 0 Å². The topological polar surface area (TPSA) is 29.5 Å². The van der Waals surface area contributed by atoms with Gasteiger partial charge in [0.25, 0.3) is 0 Å². The molecule has 1 aliphatic heterocycles. The van der Waals surface area contributed by atoms with Gasteiger partial charge in [-0.15, -0.1) is 0 Å². The van der Waals surface area contributed by atoms with E-state index in [1.807, 2.05) is 6.92 Å². The van der Waals surface area contributed by atoms with Crippen molar-refractivity contribution in [3.8, 4) is 0 Å². The van der Waals surface area contributed by atoms with Gasteiger partial charge < -0.3 is 4.74 Å². The number of carbonyl (C=O) groups excluding carboxylic acids is 1. The van der Waals surface area contributed by atoms with E-state index in [4.69, 9.17) is 4.74 Å². The van der Waals surface area contributed by atoms with Crippen LogP contribution < -0.4 is 0 Å². The Bertz CT molecular complexity index is 502. The van der Waals surface area contributed by atoms with Crippen LogP contribution in [0.1, 0.15) is 18.1 Å². The van der Waals surface area contributed by atoms with Crippen molar-refractivity contribution in [2.45, 2.75) is 25.6 Å². The molecule has 2 rings (SSSR count). The predicted molar refractivity (Wildman–Crippen MR) is 72.0 cm³/mol. The van der Waals surface area contributed by atoms with Crippen LogP contribution in [0.2, 0.25) is 0 Å². The highest BCUT2D eigenvalue weighted by molar-refractivity contribution is 5.85. The molecular weight excluding hydrogens is 283 g/mol. The Kier molecular flexibility index (Phi) is 5.00. The average molecular weight is 301 g/mol. The molecule has 21 heavy (non-hydrogen) atoms. The van der Waals surface area contributed by atoms with Crippen LogP contribution in [0.3, 0.4) is 0 Å². The number of likely N-dealkylation sites (N-methyl/N-ethyl adjacent to an activating group) is 1. The molecule has 0 bridgehead atoms. The summed E-state index contributed by atoms with van der Waals surface area (Å²) in [6.07, 6.45) is -4.97. The Labute approximate surface area is 121 Å². The molecule has 116 valence electrons. The van der Waals surface area contributed by atoms with Gasteiger partial charge in [0.1, 0.15) is 6.10 Å². The zero-order valence-electron chi connectivity index (χ0n) is 11.8. The van der Waals surface area contributed by atoms with Gasteiger partial charge in [0.15, 0.2) is 5.78 Å². The molecule has 0 radical (unpaired) electrons. The van der Waals surface area contributed by atoms with Gasteiger partial charge >= 0.3 is 6.18 Å². The van der Waals surface area contributed by atoms with Crippen molar-refractivity contribution in [3.63, 3.8) is 0 Å². The van der Waals surface area contributed by atoms with Crippen LogP contribution >= 0.6 is 0 Å². The molecule has 0 aromatic heterocycles. The number of alkyl halides is 3. The van der Waals surface area contributed by atoms with Crippen molar-refractivity contribution in [2.75, 3.05) is 26.2 Å². The first-order valence-electron chi connectivity index (χ1n) is 6.93. The predicted octanol–water partition coefficient (Wildman–Crippen LogP) is 2.54. The lowest BCUT2D eigenvalue weighted by atomic mass is 10.0. The van der Waals surface area contributed by atoms with Gasteiger partial charge in [-0.25, -0.2) is 0 Å². The van der Waals surface area contributed by atoms with E-state index in [2.05, 4.69) is 4.90 Å². The van der Waals surface area contributed by atoms with Crippen molar-refractivity contribution in [1.82, 2.24) is 4.90 Å². The first kappa shape index (κ1) is 16.0. The monoisotopic (exact) mass is 301 g/mol. The van der Waals surface area contributed by atoms with Gasteiger partial charge in [-0.3, -0.25) is 9.69 Å². The summed E-state index contributed by atoms with van der Waals surface area (Å²) >= 11 is 0. The molecule has 0 spiro atoms. The zero-order chi connectivity index (χ0) is 15.5. The summed E-state index contributed by atoms with van der Waals surface area (Å²) in [6.45, 7) is 4.60. The maximum atomic E-state index is 12.6. The fourth-order valence-corrected chi connectivity index (χ4v) is 2.36. The molecule has 0 aliphatic carbocycles. The highest BCUT2D eigenvalue weighted by Crippen LogP contribution is 2.29. The minimum absolute atomic E-state index is 0.0356. The van der Waals surface area contributed by atoms with Crippen LogP contribution in [0, 0.1) is 0 Å². The van der Waals surface area contributed by atoms with Crippen molar-refractivity contribution < 1.29 is 22.7 Å². The fourth-order valence-electron chi connectivity index (χ4n) is 2.36. The largest absolute Gasteiger partial charge is 0.416 e. The molecule has 1 saturated heterocycles. The quantitative estimate of drug-likeness (QED) is 0.856. The second kappa shape index (κ2) is 6.58. The third-order valence-electron chi connectivity index (χ3n) is 3.59. The molecule has 0 amide bonds. The number of benzene rings is 1. The average Bonchev–Trinajstić information content (AvgIpc) is 2.46. The molecule has 1 aliphatic rings. The van der Waals surface area contributed by atoms with Gasteiger partial charge in [0.05, 0.1) is 12.2 Å². The van der Waals surface area contributed by atoms with E-state index in [0.717, 1.165) is 25.2 Å². The van der Waals surface area contributed by atoms with E-state index in [0.29, 0.717) is 18.7 Å². The number of ketones is 1. The fraction of sp³-hybridized carbons (Fsp3) is 0.533. The second-order valence-electron chi connectivity index (χ2n) is 5.09. The summed E-state index contributed by atoms with van der Waals surface area (Å²) in [4.78, 5) is 14.3. The zero-order valence-corrected chi connectivity index (χ0v) is 11.8. The molecular formula is C15H18F3NO2. The summed E-state index contributed by atoms with van der Waals surface area (Å²) < 4.78 is 43.4. The Morgan fingerprint density at radius 1 is 1.43 bits per heavy atom. The smallest absolute Gasteiger partial charge is 0.368 e. The number of halogens is 3. The number of hydrogen-bond acceptors (Lipinski definition) is 3. The second-order valence-corrected chi connectivity index (χ2v) is 5.09.